The van der Waals surface area contributed by atoms with Crippen molar-refractivity contribution in [2.45, 2.75) is 11.8 Å². The molecule has 0 aromatic heterocycles. The van der Waals surface area contributed by atoms with Gasteiger partial charge in [-0.15, -0.1) is 0 Å². The smallest absolute Gasteiger partial charge is 0.744 e. The van der Waals surface area contributed by atoms with Gasteiger partial charge in [0.15, 0.2) is 0 Å². The van der Waals surface area contributed by atoms with Crippen LogP contribution in [0, 0.1) is 6.92 Å². The molecule has 72 valence electrons. The summed E-state index contributed by atoms with van der Waals surface area (Å²) < 4.78 is 31.9. The molecule has 0 fully saturated rings. The molecule has 0 saturated carbocycles. The Kier molecular flexibility index (Phi) is 4.50. The summed E-state index contributed by atoms with van der Waals surface area (Å²) in [6.45, 7) is 1.60. The Morgan fingerprint density at radius 2 is 1.93 bits per heavy atom. The molecule has 0 aliphatic rings. The second kappa shape index (κ2) is 4.56. The molecule has 0 spiro atoms. The SMILES string of the molecule is Cc1cc(S(=O)(=O)[O-])c(Cl)cc1N.[Li+]. The number of rotatable bonds is 1. The Bertz CT molecular complexity index is 446. The van der Waals surface area contributed by atoms with Gasteiger partial charge < -0.3 is 10.3 Å². The molecule has 14 heavy (non-hydrogen) atoms. The maximum absolute atomic E-state index is 10.6. The van der Waals surface area contributed by atoms with Crippen LogP contribution in [0.4, 0.5) is 5.69 Å². The van der Waals surface area contributed by atoms with E-state index in [9.17, 15) is 13.0 Å². The Morgan fingerprint density at radius 3 is 2.36 bits per heavy atom. The molecule has 0 saturated heterocycles. The predicted molar refractivity (Wildman–Crippen MR) is 48.6 cm³/mol. The minimum atomic E-state index is -4.51. The molecule has 0 aliphatic heterocycles. The van der Waals surface area contributed by atoms with Crippen LogP contribution in [0.15, 0.2) is 17.0 Å². The Hall–Kier alpha value is -0.183. The average molecular weight is 228 g/mol. The summed E-state index contributed by atoms with van der Waals surface area (Å²) in [5, 5.41) is -0.141. The number of aryl methyl sites for hydroxylation is 1. The molecule has 7 heteroatoms. The van der Waals surface area contributed by atoms with Gasteiger partial charge in [-0.1, -0.05) is 11.6 Å². The fourth-order valence-corrected chi connectivity index (χ4v) is 1.94. The molecule has 0 atom stereocenters. The van der Waals surface area contributed by atoms with Gasteiger partial charge in [-0.3, -0.25) is 0 Å². The molecular weight excluding hydrogens is 221 g/mol. The third-order valence-electron chi connectivity index (χ3n) is 1.59. The van der Waals surface area contributed by atoms with Crippen LogP contribution in [0.1, 0.15) is 5.56 Å². The minimum absolute atomic E-state index is 0. The van der Waals surface area contributed by atoms with E-state index < -0.39 is 15.0 Å². The number of hydrogen-bond acceptors (Lipinski definition) is 4. The van der Waals surface area contributed by atoms with Crippen LogP contribution in [0.2, 0.25) is 5.02 Å². The molecule has 1 aromatic rings. The summed E-state index contributed by atoms with van der Waals surface area (Å²) in [5.74, 6) is 0. The zero-order valence-corrected chi connectivity index (χ0v) is 9.32. The molecule has 0 heterocycles. The molecule has 0 amide bonds. The zero-order valence-electron chi connectivity index (χ0n) is 7.74. The molecule has 2 N–H and O–H groups in total. The quantitative estimate of drug-likeness (QED) is 0.346. The molecule has 1 aromatic carbocycles. The summed E-state index contributed by atoms with van der Waals surface area (Å²) in [5.41, 5.74) is 6.32. The fraction of sp³-hybridized carbons (Fsp3) is 0.143. The van der Waals surface area contributed by atoms with Crippen LogP contribution < -0.4 is 24.6 Å². The first-order chi connectivity index (χ1) is 5.82. The van der Waals surface area contributed by atoms with Crippen LogP contribution in [-0.2, 0) is 10.1 Å². The second-order valence-corrected chi connectivity index (χ2v) is 4.35. The van der Waals surface area contributed by atoms with Crippen LogP contribution in [0.5, 0.6) is 0 Å². The Morgan fingerprint density at radius 1 is 1.43 bits per heavy atom. The van der Waals surface area contributed by atoms with Gasteiger partial charge in [0, 0.05) is 5.69 Å². The van der Waals surface area contributed by atoms with Crippen LogP contribution in [0.25, 0.3) is 0 Å². The number of halogens is 1. The molecule has 1 rings (SSSR count). The number of nitrogen functional groups attached to an aromatic ring is 1. The van der Waals surface area contributed by atoms with E-state index in [4.69, 9.17) is 17.3 Å². The molecule has 0 aliphatic carbocycles. The van der Waals surface area contributed by atoms with Gasteiger partial charge in [-0.05, 0) is 24.6 Å². The van der Waals surface area contributed by atoms with Gasteiger partial charge in [0.25, 0.3) is 0 Å². The zero-order chi connectivity index (χ0) is 10.2. The van der Waals surface area contributed by atoms with Crippen LogP contribution in [0.3, 0.4) is 0 Å². The summed E-state index contributed by atoms with van der Waals surface area (Å²) in [7, 11) is -4.51. The van der Waals surface area contributed by atoms with Crippen LogP contribution in [-0.4, -0.2) is 13.0 Å². The van der Waals surface area contributed by atoms with E-state index in [0.29, 0.717) is 11.3 Å². The van der Waals surface area contributed by atoms with Crippen molar-refractivity contribution in [2.24, 2.45) is 0 Å². The third-order valence-corrected chi connectivity index (χ3v) is 2.89. The monoisotopic (exact) mass is 227 g/mol. The third kappa shape index (κ3) is 2.91. The van der Waals surface area contributed by atoms with Crippen molar-refractivity contribution in [1.82, 2.24) is 0 Å². The van der Waals surface area contributed by atoms with Crippen molar-refractivity contribution in [3.8, 4) is 0 Å². The average Bonchev–Trinajstić information content (AvgIpc) is 1.94. The van der Waals surface area contributed by atoms with Crippen molar-refractivity contribution >= 4 is 27.4 Å². The first-order valence-corrected chi connectivity index (χ1v) is 5.12. The van der Waals surface area contributed by atoms with E-state index in [0.717, 1.165) is 0 Å². The van der Waals surface area contributed by atoms with Gasteiger partial charge in [0.05, 0.1) is 9.92 Å². The summed E-state index contributed by atoms with van der Waals surface area (Å²) >= 11 is 5.53. The maximum Gasteiger partial charge on any atom is 1.00 e. The van der Waals surface area contributed by atoms with Gasteiger partial charge >= 0.3 is 18.9 Å². The van der Waals surface area contributed by atoms with Gasteiger partial charge in [-0.2, -0.15) is 0 Å². The van der Waals surface area contributed by atoms with E-state index in [2.05, 4.69) is 0 Å². The topological polar surface area (TPSA) is 83.2 Å². The van der Waals surface area contributed by atoms with E-state index in [1.54, 1.807) is 6.92 Å². The Balaban J connectivity index is 0.00000169. The number of nitrogens with two attached hydrogens (primary N) is 1. The Labute approximate surface area is 99.4 Å². The van der Waals surface area contributed by atoms with Gasteiger partial charge in [-0.25, -0.2) is 8.42 Å². The summed E-state index contributed by atoms with van der Waals surface area (Å²) in [6, 6.07) is 2.42. The van der Waals surface area contributed by atoms with Gasteiger partial charge in [0.2, 0.25) is 0 Å². The molecule has 0 bridgehead atoms. The molecule has 4 nitrogen and oxygen atoms in total. The summed E-state index contributed by atoms with van der Waals surface area (Å²) in [6.07, 6.45) is 0. The van der Waals surface area contributed by atoms with Crippen molar-refractivity contribution in [3.63, 3.8) is 0 Å². The number of hydrogen-bond donors (Lipinski definition) is 1. The van der Waals surface area contributed by atoms with E-state index in [1.807, 2.05) is 0 Å². The second-order valence-electron chi connectivity index (χ2n) is 2.59. The summed E-state index contributed by atoms with van der Waals surface area (Å²) in [4.78, 5) is -0.430. The van der Waals surface area contributed by atoms with E-state index >= 15 is 0 Å². The minimum Gasteiger partial charge on any atom is -0.744 e. The van der Waals surface area contributed by atoms with Crippen molar-refractivity contribution < 1.29 is 31.8 Å². The van der Waals surface area contributed by atoms with Crippen LogP contribution >= 0.6 is 11.6 Å². The van der Waals surface area contributed by atoms with Gasteiger partial charge in [0.1, 0.15) is 10.1 Å². The van der Waals surface area contributed by atoms with Crippen molar-refractivity contribution in [2.75, 3.05) is 5.73 Å². The fourth-order valence-electron chi connectivity index (χ4n) is 0.862. The number of anilines is 1. The van der Waals surface area contributed by atoms with Crippen molar-refractivity contribution in [1.29, 1.82) is 0 Å². The van der Waals surface area contributed by atoms with E-state index in [1.165, 1.54) is 12.1 Å². The van der Waals surface area contributed by atoms with Crippen molar-refractivity contribution in [3.05, 3.63) is 22.7 Å². The number of benzene rings is 1. The largest absolute Gasteiger partial charge is 1.00 e. The predicted octanol–water partition coefficient (Wildman–Crippen LogP) is -1.86. The standard InChI is InChI=1S/C7H8ClNO3S.Li/c1-4-2-7(13(10,11)12)5(8)3-6(4)9;/h2-3H,9H2,1H3,(H,10,11,12);/q;+1/p-1. The first kappa shape index (κ1) is 13.8. The molecule has 0 unspecified atom stereocenters. The molecule has 0 radical (unpaired) electrons. The normalized spacial score (nSPS) is 10.8. The van der Waals surface area contributed by atoms with E-state index in [-0.39, 0.29) is 23.9 Å². The molecular formula is C7H7ClLiNO3S. The maximum atomic E-state index is 10.6. The first-order valence-electron chi connectivity index (χ1n) is 3.34.